The largest absolute Gasteiger partial charge is 0.309 e. The quantitative estimate of drug-likeness (QED) is 0.339. The highest BCUT2D eigenvalue weighted by Crippen LogP contribution is 2.34. The van der Waals surface area contributed by atoms with Gasteiger partial charge in [-0.2, -0.15) is 4.31 Å². The number of hydrogen-bond acceptors (Lipinski definition) is 6. The Morgan fingerprint density at radius 1 is 1.14 bits per heavy atom. The van der Waals surface area contributed by atoms with Crippen LogP contribution in [0.1, 0.15) is 42.1 Å². The predicted octanol–water partition coefficient (Wildman–Crippen LogP) is 5.70. The number of aryl methyl sites for hydroxylation is 1. The number of benzene rings is 2. The molecular weight excluding hydrogens is 551 g/mol. The lowest BCUT2D eigenvalue weighted by Crippen LogP contribution is -2.38. The summed E-state index contributed by atoms with van der Waals surface area (Å²) in [7, 11) is 0.425. The number of carbonyl (C=O) groups is 1. The molecule has 0 bridgehead atoms. The molecule has 2 aromatic carbocycles. The summed E-state index contributed by atoms with van der Waals surface area (Å²) in [6.45, 7) is 6.49. The Morgan fingerprint density at radius 3 is 2.41 bits per heavy atom. The molecule has 0 atom stereocenters. The van der Waals surface area contributed by atoms with Crippen molar-refractivity contribution in [1.29, 1.82) is 0 Å². The summed E-state index contributed by atoms with van der Waals surface area (Å²) < 4.78 is 28.7. The zero-order valence-electron chi connectivity index (χ0n) is 21.6. The van der Waals surface area contributed by atoms with E-state index in [9.17, 15) is 13.2 Å². The molecule has 3 aromatic rings. The van der Waals surface area contributed by atoms with Gasteiger partial charge in [0.2, 0.25) is 10.0 Å². The van der Waals surface area contributed by atoms with Crippen LogP contribution in [-0.2, 0) is 10.0 Å². The van der Waals surface area contributed by atoms with Crippen molar-refractivity contribution in [2.75, 3.05) is 45.2 Å². The summed E-state index contributed by atoms with van der Waals surface area (Å²) in [5.74, 6) is 0.338. The summed E-state index contributed by atoms with van der Waals surface area (Å²) in [6.07, 6.45) is 2.50. The van der Waals surface area contributed by atoms with Gasteiger partial charge in [0.15, 0.2) is 5.13 Å². The van der Waals surface area contributed by atoms with Crippen LogP contribution in [0.5, 0.6) is 0 Å². The number of carbonyl (C=O) groups excluding carboxylic acids is 1. The van der Waals surface area contributed by atoms with Crippen molar-refractivity contribution in [3.05, 3.63) is 52.5 Å². The lowest BCUT2D eigenvalue weighted by atomic mass is 10.0. The Labute approximate surface area is 234 Å². The summed E-state index contributed by atoms with van der Waals surface area (Å²) in [5, 5.41) is 1.25. The minimum Gasteiger partial charge on any atom is -0.309 e. The van der Waals surface area contributed by atoms with Crippen LogP contribution in [-0.4, -0.2) is 68.8 Å². The molecule has 1 saturated heterocycles. The average Bonchev–Trinajstić information content (AvgIpc) is 3.25. The molecule has 0 radical (unpaired) electrons. The number of aromatic nitrogens is 1. The van der Waals surface area contributed by atoms with Gasteiger partial charge in [0.05, 0.1) is 15.1 Å². The van der Waals surface area contributed by atoms with E-state index in [0.29, 0.717) is 41.3 Å². The summed E-state index contributed by atoms with van der Waals surface area (Å²) in [4.78, 5) is 22.4. The molecule has 7 nitrogen and oxygen atoms in total. The zero-order chi connectivity index (χ0) is 26.0. The van der Waals surface area contributed by atoms with Gasteiger partial charge in [-0.25, -0.2) is 13.4 Å². The van der Waals surface area contributed by atoms with Crippen LogP contribution in [0.2, 0.25) is 5.02 Å². The number of sulfonamides is 1. The van der Waals surface area contributed by atoms with E-state index in [2.05, 4.69) is 11.8 Å². The van der Waals surface area contributed by atoms with Crippen molar-refractivity contribution in [2.24, 2.45) is 5.92 Å². The molecule has 202 valence electrons. The van der Waals surface area contributed by atoms with E-state index in [1.54, 1.807) is 33.5 Å². The van der Waals surface area contributed by atoms with E-state index in [4.69, 9.17) is 16.6 Å². The van der Waals surface area contributed by atoms with E-state index in [1.807, 2.05) is 33.2 Å². The standard InChI is InChI=1S/C26H33ClN4O3S2.ClH/c1-18-10-14-30(15-11-18)36(33,34)22-8-6-20(7-9-22)25(32)31(13-5-12-29(3)4)26-28-24-19(2)16-21(27)17-23(24)35-26;/h6-9,16-18H,5,10-15H2,1-4H3;1H. The number of hydrogen-bond donors (Lipinski definition) is 0. The number of rotatable bonds is 8. The Kier molecular flexibility index (Phi) is 9.99. The Bertz CT molecular complexity index is 1340. The minimum absolute atomic E-state index is 0. The molecule has 2 heterocycles. The van der Waals surface area contributed by atoms with Gasteiger partial charge >= 0.3 is 0 Å². The van der Waals surface area contributed by atoms with E-state index in [-0.39, 0.29) is 23.2 Å². The molecule has 0 N–H and O–H groups in total. The molecule has 0 spiro atoms. The second-order valence-electron chi connectivity index (χ2n) is 9.79. The summed E-state index contributed by atoms with van der Waals surface area (Å²) in [5.41, 5.74) is 2.23. The highest BCUT2D eigenvalue weighted by Gasteiger charge is 2.29. The monoisotopic (exact) mass is 584 g/mol. The molecular formula is C26H34Cl2N4O3S2. The van der Waals surface area contributed by atoms with Gasteiger partial charge in [-0.1, -0.05) is 29.9 Å². The van der Waals surface area contributed by atoms with Gasteiger partial charge in [0, 0.05) is 30.2 Å². The van der Waals surface area contributed by atoms with Crippen LogP contribution in [0.4, 0.5) is 5.13 Å². The van der Waals surface area contributed by atoms with E-state index in [1.165, 1.54) is 11.3 Å². The average molecular weight is 586 g/mol. The van der Waals surface area contributed by atoms with Crippen LogP contribution >= 0.6 is 35.3 Å². The molecule has 0 aliphatic carbocycles. The van der Waals surface area contributed by atoms with Gasteiger partial charge in [-0.3, -0.25) is 9.69 Å². The molecule has 4 rings (SSSR count). The molecule has 37 heavy (non-hydrogen) atoms. The van der Waals surface area contributed by atoms with Crippen molar-refractivity contribution in [2.45, 2.75) is 38.0 Å². The minimum atomic E-state index is -3.57. The van der Waals surface area contributed by atoms with Crippen LogP contribution in [0.25, 0.3) is 10.2 Å². The molecule has 1 aliphatic rings. The van der Waals surface area contributed by atoms with Gasteiger partial charge in [-0.05, 0) is 94.7 Å². The predicted molar refractivity (Wildman–Crippen MR) is 155 cm³/mol. The van der Waals surface area contributed by atoms with Crippen molar-refractivity contribution in [3.8, 4) is 0 Å². The number of nitrogens with zero attached hydrogens (tertiary/aromatic N) is 4. The second kappa shape index (κ2) is 12.4. The molecule has 0 saturated carbocycles. The van der Waals surface area contributed by atoms with Crippen molar-refractivity contribution < 1.29 is 13.2 Å². The topological polar surface area (TPSA) is 73.8 Å². The molecule has 0 unspecified atom stereocenters. The second-order valence-corrected chi connectivity index (χ2v) is 13.2. The maximum absolute atomic E-state index is 13.6. The Morgan fingerprint density at radius 2 is 1.78 bits per heavy atom. The first-order chi connectivity index (χ1) is 17.1. The maximum atomic E-state index is 13.6. The smallest absolute Gasteiger partial charge is 0.260 e. The van der Waals surface area contributed by atoms with Gasteiger partial charge in [0.25, 0.3) is 5.91 Å². The summed E-state index contributed by atoms with van der Waals surface area (Å²) in [6, 6.07) is 10.0. The highest BCUT2D eigenvalue weighted by molar-refractivity contribution is 7.89. The fourth-order valence-electron chi connectivity index (χ4n) is 4.39. The fourth-order valence-corrected chi connectivity index (χ4v) is 7.30. The van der Waals surface area contributed by atoms with Crippen LogP contribution in [0, 0.1) is 12.8 Å². The number of anilines is 1. The summed E-state index contributed by atoms with van der Waals surface area (Å²) >= 11 is 7.68. The normalized spacial score (nSPS) is 15.2. The first-order valence-electron chi connectivity index (χ1n) is 12.2. The van der Waals surface area contributed by atoms with Crippen LogP contribution in [0.3, 0.4) is 0 Å². The maximum Gasteiger partial charge on any atom is 0.260 e. The molecule has 1 aromatic heterocycles. The number of halogens is 2. The number of thiazole rings is 1. The van der Waals surface area contributed by atoms with E-state index >= 15 is 0 Å². The Balaban J connectivity index is 0.00000380. The van der Waals surface area contributed by atoms with Crippen molar-refractivity contribution >= 4 is 66.6 Å². The molecule has 1 fully saturated rings. The first kappa shape index (κ1) is 29.8. The number of fused-ring (bicyclic) bond motifs is 1. The highest BCUT2D eigenvalue weighted by atomic mass is 35.5. The van der Waals surface area contributed by atoms with Crippen LogP contribution in [0.15, 0.2) is 41.3 Å². The van der Waals surface area contributed by atoms with Crippen molar-refractivity contribution in [1.82, 2.24) is 14.2 Å². The third-order valence-electron chi connectivity index (χ3n) is 6.58. The lowest BCUT2D eigenvalue weighted by Gasteiger charge is -2.29. The molecule has 1 amide bonds. The zero-order valence-corrected chi connectivity index (χ0v) is 24.8. The third-order valence-corrected chi connectivity index (χ3v) is 9.74. The Hall–Kier alpha value is -1.75. The van der Waals surface area contributed by atoms with Crippen LogP contribution < -0.4 is 4.90 Å². The number of piperidine rings is 1. The van der Waals surface area contributed by atoms with E-state index < -0.39 is 10.0 Å². The van der Waals surface area contributed by atoms with Gasteiger partial charge < -0.3 is 4.90 Å². The van der Waals surface area contributed by atoms with Crippen molar-refractivity contribution in [3.63, 3.8) is 0 Å². The fraction of sp³-hybridized carbons (Fsp3) is 0.462. The van der Waals surface area contributed by atoms with Gasteiger partial charge in [0.1, 0.15) is 0 Å². The SMILES string of the molecule is Cc1cc(Cl)cc2sc(N(CCCN(C)C)C(=O)c3ccc(S(=O)(=O)N4CCC(C)CC4)cc3)nc12.Cl. The first-order valence-corrected chi connectivity index (χ1v) is 14.8. The lowest BCUT2D eigenvalue weighted by molar-refractivity contribution is 0.0986. The molecule has 1 aliphatic heterocycles. The third kappa shape index (κ3) is 6.82. The number of amides is 1. The molecule has 11 heteroatoms. The van der Waals surface area contributed by atoms with E-state index in [0.717, 1.165) is 41.6 Å². The van der Waals surface area contributed by atoms with Gasteiger partial charge in [-0.15, -0.1) is 12.4 Å².